The number of benzene rings is 4. The Bertz CT molecular complexity index is 1890. The lowest BCUT2D eigenvalue weighted by atomic mass is 9.78. The Hall–Kier alpha value is -4.30. The number of fused-ring (bicyclic) bond motifs is 4. The molecule has 1 amide bonds. The molecule has 0 spiro atoms. The molecule has 7 rings (SSSR count). The first-order valence-electron chi connectivity index (χ1n) is 15.6. The van der Waals surface area contributed by atoms with Crippen molar-refractivity contribution >= 4 is 33.1 Å². The number of allylic oxidation sites excluding steroid dienone is 1. The van der Waals surface area contributed by atoms with Crippen LogP contribution in [0.15, 0.2) is 96.8 Å². The number of nitrogens with one attached hydrogen (secondary N) is 1. The van der Waals surface area contributed by atoms with Crippen LogP contribution in [0.5, 0.6) is 0 Å². The Morgan fingerprint density at radius 1 is 1.04 bits per heavy atom. The molecule has 6 nitrogen and oxygen atoms in total. The number of carbonyl (C=O) groups is 1. The van der Waals surface area contributed by atoms with Crippen LogP contribution in [0.4, 0.5) is 5.69 Å². The fourth-order valence-corrected chi connectivity index (χ4v) is 7.73. The third-order valence-electron chi connectivity index (χ3n) is 8.81. The highest BCUT2D eigenvalue weighted by molar-refractivity contribution is 7.21. The molecule has 2 heterocycles. The van der Waals surface area contributed by atoms with Gasteiger partial charge >= 0.3 is 0 Å². The van der Waals surface area contributed by atoms with E-state index in [2.05, 4.69) is 72.9 Å². The van der Waals surface area contributed by atoms with Crippen LogP contribution in [0.1, 0.15) is 47.9 Å². The zero-order valence-electron chi connectivity index (χ0n) is 25.5. The Morgan fingerprint density at radius 3 is 2.69 bits per heavy atom. The summed E-state index contributed by atoms with van der Waals surface area (Å²) < 4.78 is 13.6. The number of aromatic nitrogens is 1. The number of aliphatic hydroxyl groups is 1. The van der Waals surface area contributed by atoms with Gasteiger partial charge in [0.05, 0.1) is 10.2 Å². The van der Waals surface area contributed by atoms with E-state index < -0.39 is 6.29 Å². The van der Waals surface area contributed by atoms with Crippen molar-refractivity contribution in [1.29, 1.82) is 0 Å². The molecule has 4 aromatic carbocycles. The smallest absolute Gasteiger partial charge is 0.290 e. The van der Waals surface area contributed by atoms with E-state index in [-0.39, 0.29) is 30.1 Å². The van der Waals surface area contributed by atoms with Crippen LogP contribution in [0, 0.1) is 12.8 Å². The highest BCUT2D eigenvalue weighted by atomic mass is 32.1. The molecule has 2 N–H and O–H groups in total. The molecule has 0 unspecified atom stereocenters. The molecule has 0 saturated carbocycles. The van der Waals surface area contributed by atoms with E-state index in [1.165, 1.54) is 33.4 Å². The van der Waals surface area contributed by atoms with E-state index in [4.69, 9.17) is 14.5 Å². The molecule has 3 atom stereocenters. The maximum absolute atomic E-state index is 13.7. The molecular weight excluding hydrogens is 580 g/mol. The minimum Gasteiger partial charge on any atom is -0.459 e. The maximum Gasteiger partial charge on any atom is 0.290 e. The second-order valence-corrected chi connectivity index (χ2v) is 12.8. The number of anilines is 1. The molecular formula is C38H36N2O4S. The van der Waals surface area contributed by atoms with Gasteiger partial charge < -0.3 is 19.9 Å². The molecule has 1 aromatic heterocycles. The Labute approximate surface area is 267 Å². The third-order valence-corrected chi connectivity index (χ3v) is 9.88. The van der Waals surface area contributed by atoms with Crippen molar-refractivity contribution in [3.05, 3.63) is 119 Å². The van der Waals surface area contributed by atoms with Crippen LogP contribution in [0.25, 0.3) is 31.9 Å². The molecule has 5 aromatic rings. The van der Waals surface area contributed by atoms with Gasteiger partial charge in [-0.05, 0) is 109 Å². The van der Waals surface area contributed by atoms with Gasteiger partial charge in [-0.25, -0.2) is 4.98 Å². The number of aryl methyl sites for hydroxylation is 1. The number of hydrogen-bond acceptors (Lipinski definition) is 6. The highest BCUT2D eigenvalue weighted by Crippen LogP contribution is 2.46. The average Bonchev–Trinajstić information content (AvgIpc) is 3.66. The van der Waals surface area contributed by atoms with Crippen molar-refractivity contribution in [1.82, 2.24) is 4.98 Å². The second kappa shape index (κ2) is 12.6. The number of nitrogens with zero attached hydrogens (tertiary/aromatic N) is 1. The van der Waals surface area contributed by atoms with Crippen molar-refractivity contribution in [2.24, 2.45) is 5.92 Å². The van der Waals surface area contributed by atoms with E-state index in [0.29, 0.717) is 25.1 Å². The average molecular weight is 617 g/mol. The van der Waals surface area contributed by atoms with Crippen LogP contribution < -0.4 is 5.32 Å². The first-order valence-corrected chi connectivity index (χ1v) is 16.4. The number of ether oxygens (including phenoxy) is 2. The van der Waals surface area contributed by atoms with Crippen molar-refractivity contribution in [2.75, 3.05) is 18.5 Å². The summed E-state index contributed by atoms with van der Waals surface area (Å²) in [5, 5.41) is 13.7. The summed E-state index contributed by atoms with van der Waals surface area (Å²) in [6.45, 7) is 4.56. The van der Waals surface area contributed by atoms with Crippen LogP contribution in [-0.4, -0.2) is 35.5 Å². The first kappa shape index (κ1) is 29.4. The van der Waals surface area contributed by atoms with E-state index in [1.807, 2.05) is 37.3 Å². The standard InChI is InChI=1S/C38H36N2O4S/c1-3-43-38-30(12-7-19-41)32(29-11-6-10-28-27-9-5-4-8-25(27)21-31(28)29)22-34(44-38)36(42)39-26-16-14-24(15-17-26)37-40-33-18-13-23(2)20-35(33)45-37/h4-6,8-11,13-18,20,22,30,32,38,41H,3,7,12,19,21H2,1-2H3,(H,39,42)/t30-,32-,38-/m1/s1. The van der Waals surface area contributed by atoms with Gasteiger partial charge in [0.1, 0.15) is 5.01 Å². The molecule has 1 aliphatic heterocycles. The van der Waals surface area contributed by atoms with Gasteiger partial charge in [0, 0.05) is 36.3 Å². The van der Waals surface area contributed by atoms with E-state index in [9.17, 15) is 9.90 Å². The van der Waals surface area contributed by atoms with Gasteiger partial charge in [-0.3, -0.25) is 4.79 Å². The minimum absolute atomic E-state index is 0.0549. The lowest BCUT2D eigenvalue weighted by molar-refractivity contribution is -0.165. The summed E-state index contributed by atoms with van der Waals surface area (Å²) in [6.07, 6.45) is 3.53. The van der Waals surface area contributed by atoms with E-state index >= 15 is 0 Å². The monoisotopic (exact) mass is 616 g/mol. The highest BCUT2D eigenvalue weighted by Gasteiger charge is 2.39. The van der Waals surface area contributed by atoms with Crippen LogP contribution in [-0.2, 0) is 20.7 Å². The van der Waals surface area contributed by atoms with Gasteiger partial charge in [0.15, 0.2) is 5.76 Å². The van der Waals surface area contributed by atoms with Gasteiger partial charge in [-0.1, -0.05) is 48.5 Å². The van der Waals surface area contributed by atoms with Crippen molar-refractivity contribution in [3.63, 3.8) is 0 Å². The molecule has 1 aliphatic carbocycles. The summed E-state index contributed by atoms with van der Waals surface area (Å²) in [6, 6.07) is 29.0. The molecule has 0 fully saturated rings. The molecule has 0 saturated heterocycles. The number of rotatable bonds is 9. The van der Waals surface area contributed by atoms with Gasteiger partial charge in [0.2, 0.25) is 6.29 Å². The van der Waals surface area contributed by atoms with Crippen LogP contribution in [0.3, 0.4) is 0 Å². The Morgan fingerprint density at radius 2 is 1.87 bits per heavy atom. The number of hydrogen-bond donors (Lipinski definition) is 2. The van der Waals surface area contributed by atoms with E-state index in [0.717, 1.165) is 27.2 Å². The van der Waals surface area contributed by atoms with Crippen LogP contribution >= 0.6 is 11.3 Å². The first-order chi connectivity index (χ1) is 22.0. The van der Waals surface area contributed by atoms with E-state index in [1.54, 1.807) is 11.3 Å². The third kappa shape index (κ3) is 5.79. The number of amides is 1. The zero-order valence-corrected chi connectivity index (χ0v) is 26.3. The predicted octanol–water partition coefficient (Wildman–Crippen LogP) is 8.23. The molecule has 0 bridgehead atoms. The van der Waals surface area contributed by atoms with Gasteiger partial charge in [0.25, 0.3) is 5.91 Å². The number of carbonyl (C=O) groups excluding carboxylic acids is 1. The Kier molecular flexibility index (Phi) is 8.23. The van der Waals surface area contributed by atoms with Crippen molar-refractivity contribution in [2.45, 2.75) is 45.3 Å². The molecule has 7 heteroatoms. The number of aliphatic hydroxyl groups excluding tert-OH is 1. The fourth-order valence-electron chi connectivity index (χ4n) is 6.66. The molecule has 2 aliphatic rings. The quantitative estimate of drug-likeness (QED) is 0.171. The summed E-state index contributed by atoms with van der Waals surface area (Å²) in [5.41, 5.74) is 10.2. The summed E-state index contributed by atoms with van der Waals surface area (Å²) in [4.78, 5) is 18.5. The van der Waals surface area contributed by atoms with Gasteiger partial charge in [-0.2, -0.15) is 0 Å². The molecule has 0 radical (unpaired) electrons. The minimum atomic E-state index is -0.609. The zero-order chi connectivity index (χ0) is 30.9. The second-order valence-electron chi connectivity index (χ2n) is 11.8. The van der Waals surface area contributed by atoms with Gasteiger partial charge in [-0.15, -0.1) is 11.3 Å². The summed E-state index contributed by atoms with van der Waals surface area (Å²) >= 11 is 1.66. The molecule has 45 heavy (non-hydrogen) atoms. The fraction of sp³-hybridized carbons (Fsp3) is 0.263. The number of thiazole rings is 1. The normalized spacial score (nSPS) is 18.6. The Balaban J connectivity index is 1.18. The largest absolute Gasteiger partial charge is 0.459 e. The van der Waals surface area contributed by atoms with Crippen molar-refractivity contribution in [3.8, 4) is 21.7 Å². The summed E-state index contributed by atoms with van der Waals surface area (Å²) in [5.74, 6) is -0.237. The topological polar surface area (TPSA) is 80.7 Å². The summed E-state index contributed by atoms with van der Waals surface area (Å²) in [7, 11) is 0. The SMILES string of the molecule is CCO[C@@H]1OC(C(=O)Nc2ccc(-c3nc4ccc(C)cc4s3)cc2)=C[C@H](c2cccc3c2Cc2ccccc2-3)[C@H]1CCCO. The predicted molar refractivity (Wildman–Crippen MR) is 180 cm³/mol. The molecule has 228 valence electrons. The van der Waals surface area contributed by atoms with Crippen molar-refractivity contribution < 1.29 is 19.4 Å². The lowest BCUT2D eigenvalue weighted by Crippen LogP contribution is -2.37. The lowest BCUT2D eigenvalue weighted by Gasteiger charge is -2.37. The maximum atomic E-state index is 13.7. The van der Waals surface area contributed by atoms with Crippen LogP contribution in [0.2, 0.25) is 0 Å².